The molecule has 7 heteroatoms. The van der Waals surface area contributed by atoms with Crippen molar-refractivity contribution in [1.29, 1.82) is 0 Å². The fraction of sp³-hybridized carbons (Fsp3) is 0.583. The van der Waals surface area contributed by atoms with E-state index >= 15 is 0 Å². The number of thiophene rings is 1. The molecular weight excluding hydrogens is 284 g/mol. The summed E-state index contributed by atoms with van der Waals surface area (Å²) in [5, 5.41) is 12.2. The van der Waals surface area contributed by atoms with Gasteiger partial charge in [-0.15, -0.1) is 11.3 Å². The molecule has 0 aliphatic carbocycles. The lowest BCUT2D eigenvalue weighted by atomic mass is 9.95. The summed E-state index contributed by atoms with van der Waals surface area (Å²) >= 11 is 1.29. The molecule has 1 unspecified atom stereocenters. The first-order valence-corrected chi connectivity index (χ1v) is 8.52. The van der Waals surface area contributed by atoms with Crippen LogP contribution >= 0.6 is 11.3 Å². The SMILES string of the molecule is CCC1CN(S(=O)(=O)c2ccc(C)s2)CC/C1=N\O. The van der Waals surface area contributed by atoms with Gasteiger partial charge in [0, 0.05) is 30.3 Å². The number of hydrogen-bond acceptors (Lipinski definition) is 5. The number of aryl methyl sites for hydroxylation is 1. The number of nitrogens with zero attached hydrogens (tertiary/aromatic N) is 2. The zero-order valence-electron chi connectivity index (χ0n) is 11.0. The maximum absolute atomic E-state index is 12.5. The largest absolute Gasteiger partial charge is 0.411 e. The van der Waals surface area contributed by atoms with Crippen LogP contribution in [0.5, 0.6) is 0 Å². The monoisotopic (exact) mass is 302 g/mol. The fourth-order valence-corrected chi connectivity index (χ4v) is 5.20. The molecule has 1 N–H and O–H groups in total. The first kappa shape index (κ1) is 14.5. The molecule has 0 saturated carbocycles. The lowest BCUT2D eigenvalue weighted by Crippen LogP contribution is -2.43. The minimum atomic E-state index is -3.40. The van der Waals surface area contributed by atoms with Gasteiger partial charge in [0.05, 0.1) is 5.71 Å². The lowest BCUT2D eigenvalue weighted by Gasteiger charge is -2.31. The zero-order valence-corrected chi connectivity index (χ0v) is 12.7. The Hall–Kier alpha value is -0.920. The van der Waals surface area contributed by atoms with Gasteiger partial charge in [-0.1, -0.05) is 12.1 Å². The number of hydrogen-bond donors (Lipinski definition) is 1. The molecular formula is C12H18N2O3S2. The van der Waals surface area contributed by atoms with E-state index in [1.165, 1.54) is 15.6 Å². The topological polar surface area (TPSA) is 70.0 Å². The third-order valence-electron chi connectivity index (χ3n) is 3.44. The summed E-state index contributed by atoms with van der Waals surface area (Å²) in [6.07, 6.45) is 1.27. The minimum absolute atomic E-state index is 0.00887. The highest BCUT2D eigenvalue weighted by molar-refractivity contribution is 7.91. The van der Waals surface area contributed by atoms with Crippen LogP contribution in [0.3, 0.4) is 0 Å². The third-order valence-corrected chi connectivity index (χ3v) is 6.78. The van der Waals surface area contributed by atoms with Crippen LogP contribution in [0.25, 0.3) is 0 Å². The Morgan fingerprint density at radius 1 is 1.53 bits per heavy atom. The first-order chi connectivity index (χ1) is 8.98. The van der Waals surface area contributed by atoms with Crippen molar-refractivity contribution >= 4 is 27.1 Å². The van der Waals surface area contributed by atoms with Crippen molar-refractivity contribution in [1.82, 2.24) is 4.31 Å². The van der Waals surface area contributed by atoms with Crippen molar-refractivity contribution in [2.75, 3.05) is 13.1 Å². The van der Waals surface area contributed by atoms with Crippen molar-refractivity contribution in [3.8, 4) is 0 Å². The van der Waals surface area contributed by atoms with E-state index in [9.17, 15) is 8.42 Å². The van der Waals surface area contributed by atoms with E-state index in [0.717, 1.165) is 11.3 Å². The molecule has 0 radical (unpaired) electrons. The highest BCUT2D eigenvalue weighted by atomic mass is 32.2. The molecule has 5 nitrogen and oxygen atoms in total. The van der Waals surface area contributed by atoms with E-state index in [4.69, 9.17) is 5.21 Å². The van der Waals surface area contributed by atoms with Crippen LogP contribution in [-0.2, 0) is 10.0 Å². The van der Waals surface area contributed by atoms with Gasteiger partial charge in [0.1, 0.15) is 4.21 Å². The molecule has 0 spiro atoms. The second-order valence-electron chi connectivity index (χ2n) is 4.67. The van der Waals surface area contributed by atoms with Crippen LogP contribution < -0.4 is 0 Å². The number of sulfonamides is 1. The van der Waals surface area contributed by atoms with Crippen LogP contribution in [0.1, 0.15) is 24.6 Å². The standard InChI is InChI=1S/C12H18N2O3S2/c1-3-10-8-14(7-6-11(10)13-15)19(16,17)12-5-4-9(2)18-12/h4-5,10,15H,3,6-8H2,1-2H3/b13-11+. The predicted octanol–water partition coefficient (Wildman–Crippen LogP) is 2.31. The van der Waals surface area contributed by atoms with E-state index in [-0.39, 0.29) is 5.92 Å². The minimum Gasteiger partial charge on any atom is -0.411 e. The normalized spacial score (nSPS) is 23.9. The highest BCUT2D eigenvalue weighted by Gasteiger charge is 2.33. The molecule has 19 heavy (non-hydrogen) atoms. The summed E-state index contributed by atoms with van der Waals surface area (Å²) in [7, 11) is -3.40. The van der Waals surface area contributed by atoms with Crippen LogP contribution in [0.15, 0.2) is 21.5 Å². The van der Waals surface area contributed by atoms with Gasteiger partial charge in [-0.25, -0.2) is 8.42 Å². The molecule has 0 aromatic carbocycles. The van der Waals surface area contributed by atoms with Crippen LogP contribution in [0, 0.1) is 12.8 Å². The molecule has 1 atom stereocenters. The smallest absolute Gasteiger partial charge is 0.252 e. The molecule has 1 aromatic heterocycles. The first-order valence-electron chi connectivity index (χ1n) is 6.26. The Morgan fingerprint density at radius 3 is 2.79 bits per heavy atom. The number of piperidine rings is 1. The van der Waals surface area contributed by atoms with Crippen molar-refractivity contribution in [3.05, 3.63) is 17.0 Å². The van der Waals surface area contributed by atoms with E-state index in [0.29, 0.717) is 29.4 Å². The van der Waals surface area contributed by atoms with Crippen LogP contribution in [0.4, 0.5) is 0 Å². The summed E-state index contributed by atoms with van der Waals surface area (Å²) in [6, 6.07) is 3.48. The molecule has 106 valence electrons. The number of rotatable bonds is 3. The summed E-state index contributed by atoms with van der Waals surface area (Å²) in [4.78, 5) is 0.986. The van der Waals surface area contributed by atoms with Gasteiger partial charge in [0.25, 0.3) is 10.0 Å². The summed E-state index contributed by atoms with van der Waals surface area (Å²) in [5.74, 6) is 0.00887. The second-order valence-corrected chi connectivity index (χ2v) is 8.13. The van der Waals surface area contributed by atoms with Gasteiger partial charge in [0.2, 0.25) is 0 Å². The molecule has 1 aliphatic rings. The summed E-state index contributed by atoms with van der Waals surface area (Å²) < 4.78 is 26.9. The summed E-state index contributed by atoms with van der Waals surface area (Å²) in [5.41, 5.74) is 0.705. The average molecular weight is 302 g/mol. The van der Waals surface area contributed by atoms with Crippen molar-refractivity contribution in [2.24, 2.45) is 11.1 Å². The Kier molecular flexibility index (Phi) is 4.27. The Bertz CT molecular complexity index is 578. The average Bonchev–Trinajstić information content (AvgIpc) is 2.85. The molecule has 0 amide bonds. The molecule has 1 saturated heterocycles. The van der Waals surface area contributed by atoms with Gasteiger partial charge in [0.15, 0.2) is 0 Å². The fourth-order valence-electron chi connectivity index (χ4n) is 2.28. The second kappa shape index (κ2) is 5.60. The highest BCUT2D eigenvalue weighted by Crippen LogP contribution is 2.28. The predicted molar refractivity (Wildman–Crippen MR) is 75.4 cm³/mol. The maximum Gasteiger partial charge on any atom is 0.252 e. The molecule has 1 aromatic rings. The van der Waals surface area contributed by atoms with Gasteiger partial charge < -0.3 is 5.21 Å². The van der Waals surface area contributed by atoms with Crippen molar-refractivity contribution < 1.29 is 13.6 Å². The van der Waals surface area contributed by atoms with E-state index in [1.807, 2.05) is 19.9 Å². The van der Waals surface area contributed by atoms with Gasteiger partial charge in [-0.05, 0) is 25.5 Å². The van der Waals surface area contributed by atoms with Crippen LogP contribution in [0.2, 0.25) is 0 Å². The van der Waals surface area contributed by atoms with Gasteiger partial charge >= 0.3 is 0 Å². The molecule has 1 aliphatic heterocycles. The van der Waals surface area contributed by atoms with Crippen molar-refractivity contribution in [3.63, 3.8) is 0 Å². The Balaban J connectivity index is 2.23. The van der Waals surface area contributed by atoms with E-state index < -0.39 is 10.0 Å². The van der Waals surface area contributed by atoms with E-state index in [1.54, 1.807) is 6.07 Å². The molecule has 2 heterocycles. The third kappa shape index (κ3) is 2.82. The Labute approximate surface area is 117 Å². The molecule has 0 bridgehead atoms. The molecule has 2 rings (SSSR count). The molecule has 1 fully saturated rings. The van der Waals surface area contributed by atoms with Gasteiger partial charge in [-0.2, -0.15) is 4.31 Å². The Morgan fingerprint density at radius 2 is 2.26 bits per heavy atom. The quantitative estimate of drug-likeness (QED) is 0.688. The lowest BCUT2D eigenvalue weighted by molar-refractivity contribution is 0.296. The van der Waals surface area contributed by atoms with E-state index in [2.05, 4.69) is 5.16 Å². The van der Waals surface area contributed by atoms with Crippen LogP contribution in [-0.4, -0.2) is 36.7 Å². The van der Waals surface area contributed by atoms with Gasteiger partial charge in [-0.3, -0.25) is 0 Å². The zero-order chi connectivity index (χ0) is 14.0. The summed E-state index contributed by atoms with van der Waals surface area (Å²) in [6.45, 7) is 4.65. The van der Waals surface area contributed by atoms with Crippen molar-refractivity contribution in [2.45, 2.75) is 30.9 Å². The number of oxime groups is 1. The maximum atomic E-state index is 12.5.